The highest BCUT2D eigenvalue weighted by Gasteiger charge is 2.25. The summed E-state index contributed by atoms with van der Waals surface area (Å²) in [6.45, 7) is 0. The Balaban J connectivity index is 1.90. The molecule has 0 saturated carbocycles. The number of fused-ring (bicyclic) bond motifs is 1. The van der Waals surface area contributed by atoms with E-state index in [-0.39, 0.29) is 16.7 Å². The standard InChI is InChI=1S/C16H16N2O3/c1-21-12-8-6-11-7-9-14(13(11)10-12)17-15-4-2-3-5-16(15)18(19)20/h2-6,8,10,14,17H,7,9H2,1H3. The van der Waals surface area contributed by atoms with E-state index in [4.69, 9.17) is 4.74 Å². The molecule has 2 aromatic carbocycles. The Kier molecular flexibility index (Phi) is 3.48. The molecule has 0 bridgehead atoms. The number of aryl methyl sites for hydroxylation is 1. The fraction of sp³-hybridized carbons (Fsp3) is 0.250. The van der Waals surface area contributed by atoms with Crippen molar-refractivity contribution in [2.75, 3.05) is 12.4 Å². The topological polar surface area (TPSA) is 64.4 Å². The molecule has 5 heteroatoms. The Morgan fingerprint density at radius 2 is 2.10 bits per heavy atom. The number of ether oxygens (including phenoxy) is 1. The number of nitro groups is 1. The lowest BCUT2D eigenvalue weighted by Crippen LogP contribution is -2.08. The molecule has 0 heterocycles. The average molecular weight is 284 g/mol. The molecule has 0 amide bonds. The molecule has 1 N–H and O–H groups in total. The van der Waals surface area contributed by atoms with Crippen molar-refractivity contribution in [3.05, 3.63) is 63.7 Å². The van der Waals surface area contributed by atoms with E-state index in [1.807, 2.05) is 12.1 Å². The van der Waals surface area contributed by atoms with Crippen LogP contribution in [0.2, 0.25) is 0 Å². The number of anilines is 1. The van der Waals surface area contributed by atoms with Gasteiger partial charge in [0.05, 0.1) is 18.1 Å². The van der Waals surface area contributed by atoms with Gasteiger partial charge in [-0.05, 0) is 42.2 Å². The summed E-state index contributed by atoms with van der Waals surface area (Å²) in [6.07, 6.45) is 1.90. The van der Waals surface area contributed by atoms with E-state index >= 15 is 0 Å². The van der Waals surface area contributed by atoms with Crippen LogP contribution >= 0.6 is 0 Å². The smallest absolute Gasteiger partial charge is 0.292 e. The van der Waals surface area contributed by atoms with Gasteiger partial charge in [0.2, 0.25) is 0 Å². The quantitative estimate of drug-likeness (QED) is 0.686. The van der Waals surface area contributed by atoms with Crippen LogP contribution in [0.1, 0.15) is 23.6 Å². The molecule has 21 heavy (non-hydrogen) atoms. The van der Waals surface area contributed by atoms with Gasteiger partial charge in [0.25, 0.3) is 5.69 Å². The summed E-state index contributed by atoms with van der Waals surface area (Å²) in [5.41, 5.74) is 3.09. The maximum Gasteiger partial charge on any atom is 0.292 e. The number of nitrogens with one attached hydrogen (secondary N) is 1. The second-order valence-corrected chi connectivity index (χ2v) is 5.07. The molecule has 0 aromatic heterocycles. The molecule has 1 aliphatic rings. The second kappa shape index (κ2) is 5.44. The number of nitrogens with zero attached hydrogens (tertiary/aromatic N) is 1. The van der Waals surface area contributed by atoms with E-state index in [9.17, 15) is 10.1 Å². The van der Waals surface area contributed by atoms with E-state index in [1.54, 1.807) is 25.3 Å². The summed E-state index contributed by atoms with van der Waals surface area (Å²) in [5, 5.41) is 14.4. The van der Waals surface area contributed by atoms with Crippen molar-refractivity contribution < 1.29 is 9.66 Å². The summed E-state index contributed by atoms with van der Waals surface area (Å²) >= 11 is 0. The van der Waals surface area contributed by atoms with Gasteiger partial charge in [-0.3, -0.25) is 10.1 Å². The van der Waals surface area contributed by atoms with Crippen molar-refractivity contribution >= 4 is 11.4 Å². The van der Waals surface area contributed by atoms with Gasteiger partial charge in [-0.15, -0.1) is 0 Å². The van der Waals surface area contributed by atoms with Crippen LogP contribution in [0.25, 0.3) is 0 Å². The molecule has 0 saturated heterocycles. The third-order valence-electron chi connectivity index (χ3n) is 3.86. The van der Waals surface area contributed by atoms with Gasteiger partial charge in [-0.25, -0.2) is 0 Å². The number of para-hydroxylation sites is 2. The molecule has 0 fully saturated rings. The zero-order valence-corrected chi connectivity index (χ0v) is 11.7. The predicted molar refractivity (Wildman–Crippen MR) is 80.8 cm³/mol. The van der Waals surface area contributed by atoms with Crippen LogP contribution in [0.3, 0.4) is 0 Å². The zero-order valence-electron chi connectivity index (χ0n) is 11.7. The van der Waals surface area contributed by atoms with E-state index in [2.05, 4.69) is 11.4 Å². The first-order valence-corrected chi connectivity index (χ1v) is 6.86. The summed E-state index contributed by atoms with van der Waals surface area (Å²) in [5.74, 6) is 0.810. The maximum absolute atomic E-state index is 11.1. The van der Waals surface area contributed by atoms with Crippen LogP contribution in [0.5, 0.6) is 5.75 Å². The van der Waals surface area contributed by atoms with Crippen molar-refractivity contribution in [1.82, 2.24) is 0 Å². The van der Waals surface area contributed by atoms with Crippen LogP contribution in [-0.2, 0) is 6.42 Å². The fourth-order valence-corrected chi connectivity index (χ4v) is 2.80. The molecule has 0 spiro atoms. The van der Waals surface area contributed by atoms with Crippen LogP contribution in [0.4, 0.5) is 11.4 Å². The second-order valence-electron chi connectivity index (χ2n) is 5.07. The summed E-state index contributed by atoms with van der Waals surface area (Å²) in [4.78, 5) is 10.7. The molecule has 1 atom stereocenters. The summed E-state index contributed by atoms with van der Waals surface area (Å²) in [7, 11) is 1.64. The summed E-state index contributed by atoms with van der Waals surface area (Å²) in [6, 6.07) is 12.8. The normalized spacial score (nSPS) is 16.3. The van der Waals surface area contributed by atoms with Gasteiger partial charge in [-0.2, -0.15) is 0 Å². The zero-order chi connectivity index (χ0) is 14.8. The summed E-state index contributed by atoms with van der Waals surface area (Å²) < 4.78 is 5.26. The third-order valence-corrected chi connectivity index (χ3v) is 3.86. The minimum Gasteiger partial charge on any atom is -0.497 e. The molecule has 0 aliphatic heterocycles. The van der Waals surface area contributed by atoms with Crippen LogP contribution in [0.15, 0.2) is 42.5 Å². The van der Waals surface area contributed by atoms with Crippen LogP contribution < -0.4 is 10.1 Å². The van der Waals surface area contributed by atoms with Crippen molar-refractivity contribution in [2.24, 2.45) is 0 Å². The predicted octanol–water partition coefficient (Wildman–Crippen LogP) is 3.70. The van der Waals surface area contributed by atoms with Crippen molar-refractivity contribution in [3.63, 3.8) is 0 Å². The Labute approximate surface area is 122 Å². The number of nitro benzene ring substituents is 1. The van der Waals surface area contributed by atoms with Crippen LogP contribution in [-0.4, -0.2) is 12.0 Å². The Hall–Kier alpha value is -2.56. The lowest BCUT2D eigenvalue weighted by molar-refractivity contribution is -0.384. The number of rotatable bonds is 4. The first-order valence-electron chi connectivity index (χ1n) is 6.86. The number of hydrogen-bond donors (Lipinski definition) is 1. The molecule has 3 rings (SSSR count). The lowest BCUT2D eigenvalue weighted by Gasteiger charge is -2.16. The highest BCUT2D eigenvalue weighted by atomic mass is 16.6. The van der Waals surface area contributed by atoms with Gasteiger partial charge in [0, 0.05) is 6.07 Å². The van der Waals surface area contributed by atoms with Gasteiger partial charge in [-0.1, -0.05) is 18.2 Å². The monoisotopic (exact) mass is 284 g/mol. The van der Waals surface area contributed by atoms with E-state index < -0.39 is 0 Å². The molecular formula is C16H16N2O3. The van der Waals surface area contributed by atoms with Gasteiger partial charge in [0.1, 0.15) is 11.4 Å². The van der Waals surface area contributed by atoms with Crippen molar-refractivity contribution in [3.8, 4) is 5.75 Å². The molecule has 1 unspecified atom stereocenters. The molecule has 0 radical (unpaired) electrons. The van der Waals surface area contributed by atoms with E-state index in [1.165, 1.54) is 11.6 Å². The SMILES string of the molecule is COc1ccc2c(c1)C(Nc1ccccc1[N+](=O)[O-])CC2. The molecule has 108 valence electrons. The van der Waals surface area contributed by atoms with Gasteiger partial charge in [0.15, 0.2) is 0 Å². The highest BCUT2D eigenvalue weighted by Crippen LogP contribution is 2.37. The van der Waals surface area contributed by atoms with Gasteiger partial charge >= 0.3 is 0 Å². The minimum atomic E-state index is -0.357. The number of benzene rings is 2. The fourth-order valence-electron chi connectivity index (χ4n) is 2.80. The Morgan fingerprint density at radius 3 is 2.86 bits per heavy atom. The number of methoxy groups -OCH3 is 1. The molecular weight excluding hydrogens is 268 g/mol. The Bertz CT molecular complexity index is 685. The lowest BCUT2D eigenvalue weighted by atomic mass is 10.1. The van der Waals surface area contributed by atoms with E-state index in [0.717, 1.165) is 24.2 Å². The third kappa shape index (κ3) is 2.54. The van der Waals surface area contributed by atoms with Crippen molar-refractivity contribution in [1.29, 1.82) is 0 Å². The minimum absolute atomic E-state index is 0.0798. The maximum atomic E-state index is 11.1. The molecule has 2 aromatic rings. The highest BCUT2D eigenvalue weighted by molar-refractivity contribution is 5.62. The van der Waals surface area contributed by atoms with Crippen molar-refractivity contribution in [2.45, 2.75) is 18.9 Å². The Morgan fingerprint density at radius 1 is 1.29 bits per heavy atom. The first-order chi connectivity index (χ1) is 10.2. The van der Waals surface area contributed by atoms with E-state index in [0.29, 0.717) is 5.69 Å². The number of hydrogen-bond acceptors (Lipinski definition) is 4. The van der Waals surface area contributed by atoms with Crippen LogP contribution in [0, 0.1) is 10.1 Å². The molecule has 5 nitrogen and oxygen atoms in total. The molecule has 1 aliphatic carbocycles. The van der Waals surface area contributed by atoms with Gasteiger partial charge < -0.3 is 10.1 Å². The largest absolute Gasteiger partial charge is 0.497 e. The average Bonchev–Trinajstić information content (AvgIpc) is 2.90. The first kappa shape index (κ1) is 13.4.